The van der Waals surface area contributed by atoms with Gasteiger partial charge < -0.3 is 15.5 Å². The molecule has 0 aliphatic carbocycles. The molecule has 0 aliphatic heterocycles. The van der Waals surface area contributed by atoms with E-state index < -0.39 is 0 Å². The van der Waals surface area contributed by atoms with Crippen LogP contribution in [0, 0.1) is 0 Å². The molecule has 0 spiro atoms. The lowest BCUT2D eigenvalue weighted by atomic mass is 10.4. The topological polar surface area (TPSA) is 61.4 Å². The Labute approximate surface area is 91.2 Å². The molecule has 2 N–H and O–H groups in total. The minimum Gasteiger partial charge on any atom is -0.353 e. The van der Waals surface area contributed by atoms with E-state index in [1.165, 1.54) is 0 Å². The van der Waals surface area contributed by atoms with Crippen molar-refractivity contribution in [2.45, 2.75) is 20.3 Å². The van der Waals surface area contributed by atoms with Gasteiger partial charge in [0.2, 0.25) is 11.8 Å². The number of nitrogens with one attached hydrogen (secondary N) is 2. The van der Waals surface area contributed by atoms with Gasteiger partial charge in [0.1, 0.15) is 0 Å². The van der Waals surface area contributed by atoms with E-state index in [-0.39, 0.29) is 11.8 Å². The third-order valence-electron chi connectivity index (χ3n) is 1.98. The number of rotatable bonds is 7. The Balaban J connectivity index is 3.70. The lowest BCUT2D eigenvalue weighted by molar-refractivity contribution is -0.129. The summed E-state index contributed by atoms with van der Waals surface area (Å²) >= 11 is 0. The highest BCUT2D eigenvalue weighted by molar-refractivity contribution is 5.78. The summed E-state index contributed by atoms with van der Waals surface area (Å²) in [6.07, 6.45) is 0.935. The first kappa shape index (κ1) is 13.9. The maximum atomic E-state index is 11.1. The summed E-state index contributed by atoms with van der Waals surface area (Å²) in [6.45, 7) is 5.73. The molecule has 0 rings (SSSR count). The second-order valence-electron chi connectivity index (χ2n) is 3.39. The van der Waals surface area contributed by atoms with E-state index in [1.807, 2.05) is 6.92 Å². The van der Waals surface area contributed by atoms with Crippen LogP contribution in [0.5, 0.6) is 0 Å². The molecule has 0 fully saturated rings. The summed E-state index contributed by atoms with van der Waals surface area (Å²) < 4.78 is 0. The quantitative estimate of drug-likeness (QED) is 0.606. The van der Waals surface area contributed by atoms with Crippen LogP contribution in [0.1, 0.15) is 20.3 Å². The summed E-state index contributed by atoms with van der Waals surface area (Å²) in [5, 5.41) is 5.49. The van der Waals surface area contributed by atoms with Crippen molar-refractivity contribution in [3.8, 4) is 0 Å². The first-order valence-electron chi connectivity index (χ1n) is 5.28. The Morgan fingerprint density at radius 2 is 1.93 bits per heavy atom. The van der Waals surface area contributed by atoms with Crippen molar-refractivity contribution in [2.75, 3.05) is 33.2 Å². The zero-order chi connectivity index (χ0) is 11.7. The predicted molar refractivity (Wildman–Crippen MR) is 59.5 cm³/mol. The van der Waals surface area contributed by atoms with Crippen molar-refractivity contribution in [1.82, 2.24) is 15.5 Å². The van der Waals surface area contributed by atoms with Gasteiger partial charge in [0.15, 0.2) is 0 Å². The minimum absolute atomic E-state index is 0.0440. The van der Waals surface area contributed by atoms with Crippen LogP contribution in [0.15, 0.2) is 0 Å². The Kier molecular flexibility index (Phi) is 7.62. The number of nitrogens with zero attached hydrogens (tertiary/aromatic N) is 1. The fourth-order valence-corrected chi connectivity index (χ4v) is 1.25. The van der Waals surface area contributed by atoms with Crippen molar-refractivity contribution < 1.29 is 9.59 Å². The smallest absolute Gasteiger partial charge is 0.234 e. The van der Waals surface area contributed by atoms with Crippen LogP contribution in [0.4, 0.5) is 0 Å². The number of carbonyl (C=O) groups excluding carboxylic acids is 2. The Morgan fingerprint density at radius 3 is 2.40 bits per heavy atom. The van der Waals surface area contributed by atoms with Gasteiger partial charge in [-0.3, -0.25) is 9.59 Å². The number of carbonyl (C=O) groups is 2. The molecule has 0 saturated heterocycles. The maximum absolute atomic E-state index is 11.1. The van der Waals surface area contributed by atoms with Gasteiger partial charge in [-0.05, 0) is 13.5 Å². The van der Waals surface area contributed by atoms with E-state index in [2.05, 4.69) is 10.6 Å². The summed E-state index contributed by atoms with van der Waals surface area (Å²) in [4.78, 5) is 23.9. The van der Waals surface area contributed by atoms with Crippen LogP contribution in [0.3, 0.4) is 0 Å². The second kappa shape index (κ2) is 8.23. The standard InChI is InChI=1S/C10H21N3O2/c1-4-6-13(9(2)14)7-5-12-10(15)8-11-3/h11H,4-8H2,1-3H3,(H,12,15). The van der Waals surface area contributed by atoms with Gasteiger partial charge >= 0.3 is 0 Å². The second-order valence-corrected chi connectivity index (χ2v) is 3.39. The highest BCUT2D eigenvalue weighted by Crippen LogP contribution is 1.90. The molecule has 88 valence electrons. The molecule has 0 aromatic carbocycles. The van der Waals surface area contributed by atoms with Gasteiger partial charge in [-0.15, -0.1) is 0 Å². The van der Waals surface area contributed by atoms with Crippen LogP contribution in [0.2, 0.25) is 0 Å². The minimum atomic E-state index is -0.0440. The molecule has 0 aromatic heterocycles. The van der Waals surface area contributed by atoms with Gasteiger partial charge in [0.25, 0.3) is 0 Å². The Morgan fingerprint density at radius 1 is 1.27 bits per heavy atom. The molecule has 15 heavy (non-hydrogen) atoms. The van der Waals surface area contributed by atoms with Crippen molar-refractivity contribution in [3.05, 3.63) is 0 Å². The molecule has 0 aliphatic rings. The molecule has 0 radical (unpaired) electrons. The van der Waals surface area contributed by atoms with Crippen LogP contribution in [0.25, 0.3) is 0 Å². The highest BCUT2D eigenvalue weighted by Gasteiger charge is 2.07. The van der Waals surface area contributed by atoms with E-state index in [1.54, 1.807) is 18.9 Å². The summed E-state index contributed by atoms with van der Waals surface area (Å²) in [6, 6.07) is 0. The summed E-state index contributed by atoms with van der Waals surface area (Å²) in [7, 11) is 1.72. The van der Waals surface area contributed by atoms with E-state index >= 15 is 0 Å². The van der Waals surface area contributed by atoms with E-state index in [9.17, 15) is 9.59 Å². The average Bonchev–Trinajstić information content (AvgIpc) is 2.16. The zero-order valence-electron chi connectivity index (χ0n) is 9.80. The molecular formula is C10H21N3O2. The zero-order valence-corrected chi connectivity index (χ0v) is 9.80. The highest BCUT2D eigenvalue weighted by atomic mass is 16.2. The van der Waals surface area contributed by atoms with Gasteiger partial charge in [-0.2, -0.15) is 0 Å². The fourth-order valence-electron chi connectivity index (χ4n) is 1.25. The summed E-state index contributed by atoms with van der Waals surface area (Å²) in [5.41, 5.74) is 0. The molecule has 0 heterocycles. The van der Waals surface area contributed by atoms with Crippen LogP contribution in [-0.4, -0.2) is 49.9 Å². The SMILES string of the molecule is CCCN(CCNC(=O)CNC)C(C)=O. The normalized spacial score (nSPS) is 9.80. The predicted octanol–water partition coefficient (Wildman–Crippen LogP) is -0.419. The van der Waals surface area contributed by atoms with Gasteiger partial charge in [0.05, 0.1) is 6.54 Å². The summed E-state index contributed by atoms with van der Waals surface area (Å²) in [5.74, 6) is 0.0113. The molecule has 0 aromatic rings. The van der Waals surface area contributed by atoms with Crippen LogP contribution in [-0.2, 0) is 9.59 Å². The van der Waals surface area contributed by atoms with Gasteiger partial charge in [-0.1, -0.05) is 6.92 Å². The maximum Gasteiger partial charge on any atom is 0.234 e. The van der Waals surface area contributed by atoms with Crippen molar-refractivity contribution in [2.24, 2.45) is 0 Å². The van der Waals surface area contributed by atoms with Crippen LogP contribution < -0.4 is 10.6 Å². The Bertz CT molecular complexity index is 207. The molecule has 5 heteroatoms. The van der Waals surface area contributed by atoms with E-state index in [0.29, 0.717) is 19.6 Å². The third-order valence-corrected chi connectivity index (χ3v) is 1.98. The average molecular weight is 215 g/mol. The van der Waals surface area contributed by atoms with Crippen molar-refractivity contribution in [3.63, 3.8) is 0 Å². The molecular weight excluding hydrogens is 194 g/mol. The monoisotopic (exact) mass is 215 g/mol. The first-order chi connectivity index (χ1) is 7.11. The first-order valence-corrected chi connectivity index (χ1v) is 5.28. The van der Waals surface area contributed by atoms with Gasteiger partial charge in [-0.25, -0.2) is 0 Å². The van der Waals surface area contributed by atoms with Crippen LogP contribution >= 0.6 is 0 Å². The van der Waals surface area contributed by atoms with Crippen molar-refractivity contribution >= 4 is 11.8 Å². The number of amides is 2. The molecule has 0 bridgehead atoms. The number of hydrogen-bond acceptors (Lipinski definition) is 3. The van der Waals surface area contributed by atoms with Gasteiger partial charge in [0, 0.05) is 26.6 Å². The fraction of sp³-hybridized carbons (Fsp3) is 0.800. The largest absolute Gasteiger partial charge is 0.353 e. The van der Waals surface area contributed by atoms with E-state index in [4.69, 9.17) is 0 Å². The van der Waals surface area contributed by atoms with E-state index in [0.717, 1.165) is 13.0 Å². The molecule has 5 nitrogen and oxygen atoms in total. The molecule has 2 amide bonds. The third kappa shape index (κ3) is 6.90. The lowest BCUT2D eigenvalue weighted by Gasteiger charge is -2.20. The van der Waals surface area contributed by atoms with Crippen molar-refractivity contribution in [1.29, 1.82) is 0 Å². The number of likely N-dealkylation sites (N-methyl/N-ethyl adjacent to an activating group) is 1. The number of hydrogen-bond donors (Lipinski definition) is 2. The molecule has 0 atom stereocenters. The molecule has 0 unspecified atom stereocenters. The molecule has 0 saturated carbocycles. The lowest BCUT2D eigenvalue weighted by Crippen LogP contribution is -2.40. The Hall–Kier alpha value is -1.10.